The van der Waals surface area contributed by atoms with E-state index in [0.717, 1.165) is 30.3 Å². The molecule has 1 heterocycles. The average Bonchev–Trinajstić information content (AvgIpc) is 3.16. The molecule has 0 aliphatic rings. The third-order valence-electron chi connectivity index (χ3n) is 4.27. The summed E-state index contributed by atoms with van der Waals surface area (Å²) in [7, 11) is 1.78. The quantitative estimate of drug-likeness (QED) is 0.325. The van der Waals surface area contributed by atoms with Gasteiger partial charge in [0, 0.05) is 19.8 Å². The minimum atomic E-state index is 0. The Bertz CT molecular complexity index is 858. The lowest BCUT2D eigenvalue weighted by Crippen LogP contribution is -2.38. The number of rotatable bonds is 6. The highest BCUT2D eigenvalue weighted by molar-refractivity contribution is 14.0. The van der Waals surface area contributed by atoms with Crippen molar-refractivity contribution in [1.29, 1.82) is 0 Å². The van der Waals surface area contributed by atoms with E-state index in [1.165, 1.54) is 11.1 Å². The summed E-state index contributed by atoms with van der Waals surface area (Å²) in [5, 5.41) is 11.3. The number of guanidine groups is 1. The summed E-state index contributed by atoms with van der Waals surface area (Å²) in [6.07, 6.45) is 2.94. The molecule has 0 spiro atoms. The maximum absolute atomic E-state index is 4.60. The van der Waals surface area contributed by atoms with Crippen LogP contribution in [0.3, 0.4) is 0 Å². The molecule has 0 atom stereocenters. The van der Waals surface area contributed by atoms with E-state index in [0.29, 0.717) is 6.54 Å². The molecule has 0 fully saturated rings. The summed E-state index contributed by atoms with van der Waals surface area (Å²) in [6.45, 7) is 3.61. The Hall–Kier alpha value is -2.35. The predicted molar refractivity (Wildman–Crippen MR) is 122 cm³/mol. The zero-order valence-electron chi connectivity index (χ0n) is 15.7. The standard InChI is InChI=1S/C21H25N5.HI/c1-17-8-6-7-9-18(17)12-14-23-21(22-2)24-16-19-13-15-26(25-19)20-10-4-3-5-11-20;/h3-11,13,15H,12,14,16H2,1-2H3,(H2,22,23,24);1H. The summed E-state index contributed by atoms with van der Waals surface area (Å²) in [5.41, 5.74) is 4.70. The van der Waals surface area contributed by atoms with Gasteiger partial charge in [-0.05, 0) is 42.7 Å². The normalized spacial score (nSPS) is 11.0. The van der Waals surface area contributed by atoms with Crippen molar-refractivity contribution in [2.45, 2.75) is 19.9 Å². The Kier molecular flexibility index (Phi) is 8.32. The maximum atomic E-state index is 4.60. The van der Waals surface area contributed by atoms with Crippen LogP contribution in [0.5, 0.6) is 0 Å². The highest BCUT2D eigenvalue weighted by Crippen LogP contribution is 2.07. The molecule has 3 aromatic rings. The van der Waals surface area contributed by atoms with Crippen LogP contribution in [-0.2, 0) is 13.0 Å². The minimum absolute atomic E-state index is 0. The number of halogens is 1. The van der Waals surface area contributed by atoms with E-state index in [4.69, 9.17) is 0 Å². The van der Waals surface area contributed by atoms with E-state index in [-0.39, 0.29) is 24.0 Å². The zero-order chi connectivity index (χ0) is 18.2. The third kappa shape index (κ3) is 6.09. The van der Waals surface area contributed by atoms with Crippen molar-refractivity contribution in [1.82, 2.24) is 20.4 Å². The van der Waals surface area contributed by atoms with Crippen LogP contribution < -0.4 is 10.6 Å². The topological polar surface area (TPSA) is 54.2 Å². The molecule has 3 rings (SSSR count). The lowest BCUT2D eigenvalue weighted by Gasteiger charge is -2.12. The van der Waals surface area contributed by atoms with Gasteiger partial charge in [0.25, 0.3) is 0 Å². The third-order valence-corrected chi connectivity index (χ3v) is 4.27. The minimum Gasteiger partial charge on any atom is -0.356 e. The fourth-order valence-electron chi connectivity index (χ4n) is 2.78. The summed E-state index contributed by atoms with van der Waals surface area (Å²) in [4.78, 5) is 4.28. The van der Waals surface area contributed by atoms with Gasteiger partial charge in [0.1, 0.15) is 0 Å². The van der Waals surface area contributed by atoms with Crippen molar-refractivity contribution in [2.75, 3.05) is 13.6 Å². The van der Waals surface area contributed by atoms with Gasteiger partial charge in [0.05, 0.1) is 17.9 Å². The van der Waals surface area contributed by atoms with Gasteiger partial charge in [0.15, 0.2) is 5.96 Å². The van der Waals surface area contributed by atoms with Crippen molar-refractivity contribution in [3.8, 4) is 5.69 Å². The van der Waals surface area contributed by atoms with Crippen LogP contribution in [0.1, 0.15) is 16.8 Å². The van der Waals surface area contributed by atoms with E-state index in [1.807, 2.05) is 47.3 Å². The SMILES string of the molecule is CN=C(NCCc1ccccc1C)NCc1ccn(-c2ccccc2)n1.I. The molecule has 0 saturated heterocycles. The first kappa shape index (κ1) is 21.0. The molecule has 2 N–H and O–H groups in total. The molecule has 0 radical (unpaired) electrons. The van der Waals surface area contributed by atoms with Gasteiger partial charge in [-0.1, -0.05) is 42.5 Å². The molecule has 27 heavy (non-hydrogen) atoms. The van der Waals surface area contributed by atoms with E-state index in [1.54, 1.807) is 7.05 Å². The summed E-state index contributed by atoms with van der Waals surface area (Å²) in [6, 6.07) is 20.6. The molecule has 0 unspecified atom stereocenters. The Balaban J connectivity index is 0.00000261. The number of nitrogens with zero attached hydrogens (tertiary/aromatic N) is 3. The van der Waals surface area contributed by atoms with Gasteiger partial charge >= 0.3 is 0 Å². The lowest BCUT2D eigenvalue weighted by atomic mass is 10.1. The van der Waals surface area contributed by atoms with Gasteiger partial charge in [-0.15, -0.1) is 24.0 Å². The monoisotopic (exact) mass is 475 g/mol. The van der Waals surface area contributed by atoms with Gasteiger partial charge < -0.3 is 10.6 Å². The van der Waals surface area contributed by atoms with E-state index in [9.17, 15) is 0 Å². The molecule has 0 aliphatic carbocycles. The Morgan fingerprint density at radius 3 is 2.48 bits per heavy atom. The average molecular weight is 475 g/mol. The van der Waals surface area contributed by atoms with Crippen molar-refractivity contribution >= 4 is 29.9 Å². The molecule has 142 valence electrons. The molecule has 2 aromatic carbocycles. The first-order valence-corrected chi connectivity index (χ1v) is 8.85. The van der Waals surface area contributed by atoms with Crippen LogP contribution in [0.2, 0.25) is 0 Å². The van der Waals surface area contributed by atoms with Gasteiger partial charge in [-0.25, -0.2) is 4.68 Å². The number of nitrogens with one attached hydrogen (secondary N) is 2. The van der Waals surface area contributed by atoms with Crippen LogP contribution in [0, 0.1) is 6.92 Å². The van der Waals surface area contributed by atoms with Crippen molar-refractivity contribution in [2.24, 2.45) is 4.99 Å². The smallest absolute Gasteiger partial charge is 0.191 e. The van der Waals surface area contributed by atoms with E-state index in [2.05, 4.69) is 51.9 Å². The van der Waals surface area contributed by atoms with Crippen molar-refractivity contribution in [3.05, 3.63) is 83.7 Å². The molecule has 0 saturated carbocycles. The molecular formula is C21H26IN5. The number of hydrogen-bond donors (Lipinski definition) is 2. The molecule has 0 aliphatic heterocycles. The van der Waals surface area contributed by atoms with Crippen LogP contribution >= 0.6 is 24.0 Å². The highest BCUT2D eigenvalue weighted by Gasteiger charge is 2.03. The molecule has 0 amide bonds. The summed E-state index contributed by atoms with van der Waals surface area (Å²) < 4.78 is 1.88. The van der Waals surface area contributed by atoms with Crippen molar-refractivity contribution < 1.29 is 0 Å². The molecule has 5 nitrogen and oxygen atoms in total. The summed E-state index contributed by atoms with van der Waals surface area (Å²) in [5.74, 6) is 0.785. The number of aromatic nitrogens is 2. The van der Waals surface area contributed by atoms with Gasteiger partial charge in [0.2, 0.25) is 0 Å². The molecular weight excluding hydrogens is 449 g/mol. The molecule has 6 heteroatoms. The summed E-state index contributed by atoms with van der Waals surface area (Å²) >= 11 is 0. The number of benzene rings is 2. The first-order chi connectivity index (χ1) is 12.8. The van der Waals surface area contributed by atoms with Crippen LogP contribution in [0.4, 0.5) is 0 Å². The second-order valence-electron chi connectivity index (χ2n) is 6.12. The van der Waals surface area contributed by atoms with Crippen LogP contribution in [-0.4, -0.2) is 29.3 Å². The van der Waals surface area contributed by atoms with Gasteiger partial charge in [-0.3, -0.25) is 4.99 Å². The fourth-order valence-corrected chi connectivity index (χ4v) is 2.78. The maximum Gasteiger partial charge on any atom is 0.191 e. The van der Waals surface area contributed by atoms with Crippen LogP contribution in [0.25, 0.3) is 5.69 Å². The largest absolute Gasteiger partial charge is 0.356 e. The lowest BCUT2D eigenvalue weighted by molar-refractivity contribution is 0.762. The number of aryl methyl sites for hydroxylation is 1. The predicted octanol–water partition coefficient (Wildman–Crippen LogP) is 3.71. The second-order valence-corrected chi connectivity index (χ2v) is 6.12. The second kappa shape index (κ2) is 10.7. The van der Waals surface area contributed by atoms with E-state index < -0.39 is 0 Å². The Morgan fingerprint density at radius 2 is 1.74 bits per heavy atom. The van der Waals surface area contributed by atoms with Gasteiger partial charge in [-0.2, -0.15) is 5.10 Å². The number of hydrogen-bond acceptors (Lipinski definition) is 2. The number of aliphatic imine (C=N–C) groups is 1. The van der Waals surface area contributed by atoms with E-state index >= 15 is 0 Å². The first-order valence-electron chi connectivity index (χ1n) is 8.85. The zero-order valence-corrected chi connectivity index (χ0v) is 18.1. The Labute approximate surface area is 177 Å². The Morgan fingerprint density at radius 1 is 1.00 bits per heavy atom. The van der Waals surface area contributed by atoms with Crippen LogP contribution in [0.15, 0.2) is 71.9 Å². The highest BCUT2D eigenvalue weighted by atomic mass is 127. The molecule has 1 aromatic heterocycles. The van der Waals surface area contributed by atoms with Crippen molar-refractivity contribution in [3.63, 3.8) is 0 Å². The number of para-hydroxylation sites is 1. The molecule has 0 bridgehead atoms. The fraction of sp³-hybridized carbons (Fsp3) is 0.238.